The van der Waals surface area contributed by atoms with Crippen molar-refractivity contribution >= 4 is 55.5 Å². The zero-order chi connectivity index (χ0) is 41.7. The first-order valence-electron chi connectivity index (χ1n) is 21.0. The van der Waals surface area contributed by atoms with E-state index in [0.29, 0.717) is 0 Å². The Labute approximate surface area is 355 Å². The molecule has 4 heteroatoms. The van der Waals surface area contributed by atoms with Crippen LogP contribution in [0, 0.1) is 0 Å². The summed E-state index contributed by atoms with van der Waals surface area (Å²) in [6.07, 6.45) is 18.5. The Hall–Kier alpha value is -6.78. The predicted octanol–water partition coefficient (Wildman–Crippen LogP) is 11.6. The lowest BCUT2D eigenvalue weighted by molar-refractivity contribution is -0.462. The maximum atomic E-state index is 2.45. The van der Waals surface area contributed by atoms with Gasteiger partial charge >= 0.3 is 0 Å². The van der Waals surface area contributed by atoms with Crippen LogP contribution >= 0.6 is 0 Å². The van der Waals surface area contributed by atoms with Crippen LogP contribution in [-0.4, -0.2) is 77.0 Å². The zero-order valence-electron chi connectivity index (χ0n) is 36.1. The van der Waals surface area contributed by atoms with Gasteiger partial charge in [-0.15, -0.1) is 0 Å². The molecule has 6 aromatic rings. The van der Waals surface area contributed by atoms with Crippen LogP contribution in [0.4, 0.5) is 11.4 Å². The van der Waals surface area contributed by atoms with E-state index in [0.717, 1.165) is 0 Å². The van der Waals surface area contributed by atoms with Gasteiger partial charge in [-0.25, -0.2) is 9.15 Å². The van der Waals surface area contributed by atoms with Crippen LogP contribution in [0.1, 0.15) is 34.1 Å². The molecule has 3 aliphatic rings. The summed E-state index contributed by atoms with van der Waals surface area (Å²) in [6, 6.07) is 46.0. The van der Waals surface area contributed by atoms with Crippen molar-refractivity contribution in [1.29, 1.82) is 0 Å². The molecule has 0 spiro atoms. The summed E-state index contributed by atoms with van der Waals surface area (Å²) < 4.78 is 4.37. The Morgan fingerprint density at radius 3 is 1.08 bits per heavy atom. The number of rotatable bonds is 6. The van der Waals surface area contributed by atoms with E-state index in [9.17, 15) is 0 Å². The quantitative estimate of drug-likeness (QED) is 0.156. The second-order valence-corrected chi connectivity index (χ2v) is 17.0. The van der Waals surface area contributed by atoms with Gasteiger partial charge in [0.2, 0.25) is 0 Å². The molecule has 0 saturated heterocycles. The standard InChI is InChI=1S/C56H54N4/c1-57(2)43-27-17-39(18-28-43)51(40-19-29-44(30-20-40)58(3)4)55-49-35-25-37-13-9-11-15-47(37)53(49)54-48-16-12-10-14-38(48)26-36-50(54)56(55)52(41-21-31-45(32-22-41)59(5)6)42-23-33-46(34-24-42)60(7)8/h9-36,55-56H,1-8H3/q+2/t55-,56-/m0/s1. The Morgan fingerprint density at radius 2 is 0.750 bits per heavy atom. The molecule has 0 aromatic heterocycles. The van der Waals surface area contributed by atoms with Crippen molar-refractivity contribution in [2.75, 3.05) is 66.2 Å². The Balaban J connectivity index is 1.46. The third-order valence-corrected chi connectivity index (χ3v) is 12.6. The number of anilines is 2. The molecule has 0 bridgehead atoms. The van der Waals surface area contributed by atoms with Gasteiger partial charge in [-0.2, -0.15) is 0 Å². The van der Waals surface area contributed by atoms with Crippen molar-refractivity contribution in [2.45, 2.75) is 11.8 Å². The fraction of sp³-hybridized carbons (Fsp3) is 0.179. The first-order valence-corrected chi connectivity index (χ1v) is 21.0. The van der Waals surface area contributed by atoms with Gasteiger partial charge in [-0.3, -0.25) is 0 Å². The van der Waals surface area contributed by atoms with Crippen LogP contribution in [0.25, 0.3) is 43.8 Å². The molecular weight excluding hydrogens is 729 g/mol. The number of allylic oxidation sites excluding steroid dienone is 12. The maximum absolute atomic E-state index is 2.45. The summed E-state index contributed by atoms with van der Waals surface area (Å²) in [5.74, 6) is -0.128. The summed E-state index contributed by atoms with van der Waals surface area (Å²) in [5, 5.41) is 5.08. The Kier molecular flexibility index (Phi) is 10.2. The topological polar surface area (TPSA) is 12.5 Å². The fourth-order valence-electron chi connectivity index (χ4n) is 9.46. The first kappa shape index (κ1) is 38.7. The minimum Gasteiger partial charge on any atom is -0.378 e. The van der Waals surface area contributed by atoms with Crippen molar-refractivity contribution in [3.63, 3.8) is 0 Å². The number of benzene rings is 6. The summed E-state index contributed by atoms with van der Waals surface area (Å²) in [6.45, 7) is 0. The first-order chi connectivity index (χ1) is 29.1. The average molecular weight is 783 g/mol. The summed E-state index contributed by atoms with van der Waals surface area (Å²) in [5.41, 5.74) is 17.6. The lowest BCUT2D eigenvalue weighted by Gasteiger charge is -2.41. The molecule has 3 aliphatic carbocycles. The largest absolute Gasteiger partial charge is 0.378 e. The van der Waals surface area contributed by atoms with Gasteiger partial charge in [0, 0.05) is 75.7 Å². The smallest absolute Gasteiger partial charge is 0.199 e. The summed E-state index contributed by atoms with van der Waals surface area (Å²) >= 11 is 0. The maximum Gasteiger partial charge on any atom is 0.199 e. The van der Waals surface area contributed by atoms with Gasteiger partial charge in [0.05, 0.1) is 0 Å². The molecular formula is C56H54N4+2. The van der Waals surface area contributed by atoms with E-state index in [-0.39, 0.29) is 11.8 Å². The van der Waals surface area contributed by atoms with E-state index >= 15 is 0 Å². The molecule has 296 valence electrons. The monoisotopic (exact) mass is 782 g/mol. The number of nitrogens with zero attached hydrogens (tertiary/aromatic N) is 4. The Bertz CT molecular complexity index is 2690. The number of hydrogen-bond acceptors (Lipinski definition) is 2. The van der Waals surface area contributed by atoms with E-state index < -0.39 is 0 Å². The lowest BCUT2D eigenvalue weighted by atomic mass is 9.61. The highest BCUT2D eigenvalue weighted by atomic mass is 15.1. The molecule has 9 rings (SSSR count). The predicted molar refractivity (Wildman–Crippen MR) is 259 cm³/mol. The summed E-state index contributed by atoms with van der Waals surface area (Å²) in [7, 11) is 16.9. The highest BCUT2D eigenvalue weighted by Gasteiger charge is 2.42. The van der Waals surface area contributed by atoms with Crippen molar-refractivity contribution in [3.8, 4) is 11.1 Å². The third-order valence-electron chi connectivity index (χ3n) is 12.6. The van der Waals surface area contributed by atoms with Crippen molar-refractivity contribution in [3.05, 3.63) is 203 Å². The van der Waals surface area contributed by atoms with E-state index in [1.807, 2.05) is 0 Å². The molecule has 6 aromatic carbocycles. The third kappa shape index (κ3) is 6.86. The molecule has 0 aliphatic heterocycles. The van der Waals surface area contributed by atoms with Crippen LogP contribution in [0.5, 0.6) is 0 Å². The molecule has 60 heavy (non-hydrogen) atoms. The molecule has 0 unspecified atom stereocenters. The lowest BCUT2D eigenvalue weighted by Crippen LogP contribution is -2.23. The molecule has 0 amide bonds. The molecule has 0 radical (unpaired) electrons. The highest BCUT2D eigenvalue weighted by molar-refractivity contribution is 6.12. The van der Waals surface area contributed by atoms with E-state index in [1.165, 1.54) is 100 Å². The molecule has 4 nitrogen and oxygen atoms in total. The second kappa shape index (κ2) is 15.8. The van der Waals surface area contributed by atoms with E-state index in [1.54, 1.807) is 0 Å². The van der Waals surface area contributed by atoms with Crippen LogP contribution < -0.4 is 9.80 Å². The molecule has 0 fully saturated rings. The zero-order valence-corrected chi connectivity index (χ0v) is 36.1. The van der Waals surface area contributed by atoms with Crippen molar-refractivity contribution < 1.29 is 9.15 Å². The van der Waals surface area contributed by atoms with Crippen LogP contribution in [0.15, 0.2) is 181 Å². The molecule has 2 atom stereocenters. The minimum atomic E-state index is -0.0641. The molecule has 0 saturated carbocycles. The van der Waals surface area contributed by atoms with Crippen molar-refractivity contribution in [2.24, 2.45) is 0 Å². The molecule has 0 N–H and O–H groups in total. The normalized spacial score (nSPS) is 16.6. The SMILES string of the molecule is CN(C)c1ccc(C(=C2C=CC(=[N+](C)C)C=C2)[C@@H]2c3ccc4ccccc4c3-c3c(ccc4ccccc34)[C@H]2C(=C2C=CC(=[N+](C)C)C=C2)c2ccc(N(C)C)cc2)cc1. The van der Waals surface area contributed by atoms with Crippen LogP contribution in [0.2, 0.25) is 0 Å². The number of hydrogen-bond donors (Lipinski definition) is 0. The number of fused-ring (bicyclic) bond motifs is 7. The minimum absolute atomic E-state index is 0.0641. The summed E-state index contributed by atoms with van der Waals surface area (Å²) in [4.78, 5) is 4.37. The fourth-order valence-corrected chi connectivity index (χ4v) is 9.46. The average Bonchev–Trinajstić information content (AvgIpc) is 3.27. The van der Waals surface area contributed by atoms with E-state index in [2.05, 4.69) is 245 Å². The van der Waals surface area contributed by atoms with E-state index in [4.69, 9.17) is 0 Å². The van der Waals surface area contributed by atoms with Gasteiger partial charge in [0.1, 0.15) is 28.2 Å². The second-order valence-electron chi connectivity index (χ2n) is 17.0. The van der Waals surface area contributed by atoms with Gasteiger partial charge in [-0.1, -0.05) is 97.1 Å². The van der Waals surface area contributed by atoms with Crippen LogP contribution in [0.3, 0.4) is 0 Å². The van der Waals surface area contributed by atoms with Gasteiger partial charge in [0.15, 0.2) is 11.4 Å². The Morgan fingerprint density at radius 1 is 0.400 bits per heavy atom. The van der Waals surface area contributed by atoms with Gasteiger partial charge < -0.3 is 9.80 Å². The van der Waals surface area contributed by atoms with Gasteiger partial charge in [0.25, 0.3) is 0 Å². The van der Waals surface area contributed by atoms with Crippen LogP contribution in [-0.2, 0) is 0 Å². The highest BCUT2D eigenvalue weighted by Crippen LogP contribution is 2.61. The molecule has 0 heterocycles. The van der Waals surface area contributed by atoms with Gasteiger partial charge in [-0.05, 0) is 126 Å². The van der Waals surface area contributed by atoms with Crippen molar-refractivity contribution in [1.82, 2.24) is 0 Å².